The van der Waals surface area contributed by atoms with Crippen LogP contribution in [0.3, 0.4) is 0 Å². The van der Waals surface area contributed by atoms with Crippen molar-refractivity contribution >= 4 is 39.3 Å². The number of halogens is 1. The van der Waals surface area contributed by atoms with Crippen molar-refractivity contribution in [3.63, 3.8) is 0 Å². The second-order valence-electron chi connectivity index (χ2n) is 6.62. The van der Waals surface area contributed by atoms with Crippen molar-refractivity contribution < 1.29 is 4.79 Å². The highest BCUT2D eigenvalue weighted by atomic mass is 35.5. The van der Waals surface area contributed by atoms with Crippen LogP contribution in [0.1, 0.15) is 30.1 Å². The van der Waals surface area contributed by atoms with Crippen LogP contribution in [0.15, 0.2) is 53.5 Å². The van der Waals surface area contributed by atoms with E-state index in [0.717, 1.165) is 18.2 Å². The van der Waals surface area contributed by atoms with Crippen molar-refractivity contribution in [3.8, 4) is 5.69 Å². The van der Waals surface area contributed by atoms with Gasteiger partial charge in [0.15, 0.2) is 0 Å². The minimum Gasteiger partial charge on any atom is -0.352 e. The molecule has 2 heterocycles. The summed E-state index contributed by atoms with van der Waals surface area (Å²) in [4.78, 5) is 29.6. The first-order chi connectivity index (χ1) is 13.6. The fourth-order valence-corrected chi connectivity index (χ4v) is 3.28. The Bertz CT molecular complexity index is 1230. The lowest BCUT2D eigenvalue weighted by Gasteiger charge is -2.06. The average Bonchev–Trinajstić information content (AvgIpc) is 3.05. The molecule has 0 spiro atoms. The highest BCUT2D eigenvalue weighted by molar-refractivity contribution is 6.30. The van der Waals surface area contributed by atoms with E-state index in [0.29, 0.717) is 39.2 Å². The zero-order chi connectivity index (χ0) is 19.7. The average molecular weight is 395 g/mol. The van der Waals surface area contributed by atoms with Gasteiger partial charge in [0, 0.05) is 28.7 Å². The van der Waals surface area contributed by atoms with Crippen LogP contribution in [0.5, 0.6) is 0 Å². The second kappa shape index (κ2) is 7.48. The summed E-state index contributed by atoms with van der Waals surface area (Å²) < 4.78 is 1.45. The van der Waals surface area contributed by atoms with Crippen molar-refractivity contribution in [3.05, 3.63) is 69.6 Å². The van der Waals surface area contributed by atoms with Crippen LogP contribution in [-0.4, -0.2) is 27.2 Å². The molecular formula is C21H19ClN4O2. The molecule has 1 amide bonds. The summed E-state index contributed by atoms with van der Waals surface area (Å²) in [6.45, 7) is 2.71. The Balaban J connectivity index is 1.83. The number of aromatic nitrogens is 3. The predicted octanol–water partition coefficient (Wildman–Crippen LogP) is 4.05. The van der Waals surface area contributed by atoms with E-state index in [1.807, 2.05) is 0 Å². The molecule has 0 radical (unpaired) electrons. The summed E-state index contributed by atoms with van der Waals surface area (Å²) in [5.41, 5.74) is 2.37. The first-order valence-corrected chi connectivity index (χ1v) is 9.54. The molecule has 0 saturated heterocycles. The maximum Gasteiger partial charge on any atom is 0.280 e. The lowest BCUT2D eigenvalue weighted by Crippen LogP contribution is -2.24. The number of H-pyrrole nitrogens is 1. The van der Waals surface area contributed by atoms with E-state index in [1.54, 1.807) is 48.7 Å². The number of nitrogens with zero attached hydrogens (tertiary/aromatic N) is 2. The number of fused-ring (bicyclic) bond motifs is 3. The molecule has 4 aromatic rings. The molecule has 2 aromatic carbocycles. The molecule has 28 heavy (non-hydrogen) atoms. The van der Waals surface area contributed by atoms with E-state index in [2.05, 4.69) is 22.3 Å². The SMILES string of the molecule is CCCCNC(=O)c1ccc2ncc3c(=O)n(-c4ccc(Cl)cc4)[nH]c3c2c1. The fraction of sp³-hybridized carbons (Fsp3) is 0.190. The van der Waals surface area contributed by atoms with Gasteiger partial charge in [0.2, 0.25) is 0 Å². The van der Waals surface area contributed by atoms with Gasteiger partial charge < -0.3 is 5.32 Å². The Labute approximate surface area is 166 Å². The maximum absolute atomic E-state index is 12.8. The molecule has 2 N–H and O–H groups in total. The Hall–Kier alpha value is -3.12. The molecule has 0 saturated carbocycles. The minimum atomic E-state index is -0.204. The Kier molecular flexibility index (Phi) is 4.88. The normalized spacial score (nSPS) is 11.2. The van der Waals surface area contributed by atoms with Crippen LogP contribution < -0.4 is 10.9 Å². The number of nitrogens with one attached hydrogen (secondary N) is 2. The summed E-state index contributed by atoms with van der Waals surface area (Å²) in [5, 5.41) is 7.85. The molecule has 0 unspecified atom stereocenters. The largest absolute Gasteiger partial charge is 0.352 e. The zero-order valence-corrected chi connectivity index (χ0v) is 16.1. The molecule has 0 aliphatic heterocycles. The monoisotopic (exact) mass is 394 g/mol. The molecular weight excluding hydrogens is 376 g/mol. The lowest BCUT2D eigenvalue weighted by atomic mass is 10.1. The number of pyridine rings is 1. The van der Waals surface area contributed by atoms with E-state index < -0.39 is 0 Å². The van der Waals surface area contributed by atoms with E-state index in [9.17, 15) is 9.59 Å². The molecule has 0 fully saturated rings. The predicted molar refractivity (Wildman–Crippen MR) is 111 cm³/mol. The molecule has 0 bridgehead atoms. The number of benzene rings is 2. The molecule has 0 atom stereocenters. The smallest absolute Gasteiger partial charge is 0.280 e. The molecule has 4 rings (SSSR count). The topological polar surface area (TPSA) is 79.8 Å². The van der Waals surface area contributed by atoms with Gasteiger partial charge in [-0.25, -0.2) is 4.68 Å². The summed E-state index contributed by atoms with van der Waals surface area (Å²) in [6, 6.07) is 12.3. The Morgan fingerprint density at radius 1 is 1.18 bits per heavy atom. The third kappa shape index (κ3) is 3.27. The van der Waals surface area contributed by atoms with Crippen LogP contribution in [0, 0.1) is 0 Å². The number of rotatable bonds is 5. The number of hydrogen-bond donors (Lipinski definition) is 2. The first kappa shape index (κ1) is 18.3. The number of carbonyl (C=O) groups excluding carboxylic acids is 1. The third-order valence-corrected chi connectivity index (χ3v) is 4.94. The Morgan fingerprint density at radius 3 is 2.71 bits per heavy atom. The second-order valence-corrected chi connectivity index (χ2v) is 7.05. The highest BCUT2D eigenvalue weighted by Gasteiger charge is 2.14. The van der Waals surface area contributed by atoms with Crippen LogP contribution in [-0.2, 0) is 0 Å². The molecule has 7 heteroatoms. The molecule has 0 aliphatic carbocycles. The number of carbonyl (C=O) groups is 1. The summed E-state index contributed by atoms with van der Waals surface area (Å²) in [5.74, 6) is -0.133. The van der Waals surface area contributed by atoms with E-state index >= 15 is 0 Å². The molecule has 6 nitrogen and oxygen atoms in total. The number of aromatic amines is 1. The maximum atomic E-state index is 12.8. The highest BCUT2D eigenvalue weighted by Crippen LogP contribution is 2.22. The van der Waals surface area contributed by atoms with E-state index in [-0.39, 0.29) is 11.5 Å². The molecule has 142 valence electrons. The standard InChI is InChI=1S/C21H19ClN4O2/c1-2-3-10-23-20(27)13-4-9-18-16(11-13)19-17(12-24-18)21(28)26(25-19)15-7-5-14(22)6-8-15/h4-9,11-12,25H,2-3,10H2,1H3,(H,23,27). The van der Waals surface area contributed by atoms with Gasteiger partial charge >= 0.3 is 0 Å². The van der Waals surface area contributed by atoms with Gasteiger partial charge in [-0.3, -0.25) is 19.7 Å². The molecule has 2 aromatic heterocycles. The van der Waals surface area contributed by atoms with Gasteiger partial charge in [0.05, 0.1) is 22.1 Å². The molecule has 0 aliphatic rings. The minimum absolute atomic E-state index is 0.133. The van der Waals surface area contributed by atoms with Gasteiger partial charge in [-0.1, -0.05) is 24.9 Å². The third-order valence-electron chi connectivity index (χ3n) is 4.69. The summed E-state index contributed by atoms with van der Waals surface area (Å²) >= 11 is 5.94. The summed E-state index contributed by atoms with van der Waals surface area (Å²) in [6.07, 6.45) is 3.51. The summed E-state index contributed by atoms with van der Waals surface area (Å²) in [7, 11) is 0. The van der Waals surface area contributed by atoms with Crippen molar-refractivity contribution in [2.24, 2.45) is 0 Å². The number of hydrogen-bond acceptors (Lipinski definition) is 3. The van der Waals surface area contributed by atoms with Crippen LogP contribution in [0.2, 0.25) is 5.02 Å². The van der Waals surface area contributed by atoms with Crippen LogP contribution >= 0.6 is 11.6 Å². The van der Waals surface area contributed by atoms with Crippen molar-refractivity contribution in [2.75, 3.05) is 6.54 Å². The first-order valence-electron chi connectivity index (χ1n) is 9.16. The fourth-order valence-electron chi connectivity index (χ4n) is 3.15. The van der Waals surface area contributed by atoms with Gasteiger partial charge in [-0.2, -0.15) is 0 Å². The van der Waals surface area contributed by atoms with Gasteiger partial charge in [-0.15, -0.1) is 0 Å². The lowest BCUT2D eigenvalue weighted by molar-refractivity contribution is 0.0953. The number of amides is 1. The van der Waals surface area contributed by atoms with Gasteiger partial charge in [0.25, 0.3) is 11.5 Å². The van der Waals surface area contributed by atoms with Gasteiger partial charge in [-0.05, 0) is 48.9 Å². The van der Waals surface area contributed by atoms with Crippen LogP contribution in [0.4, 0.5) is 0 Å². The number of unbranched alkanes of at least 4 members (excludes halogenated alkanes) is 1. The zero-order valence-electron chi connectivity index (χ0n) is 15.3. The van der Waals surface area contributed by atoms with Crippen molar-refractivity contribution in [2.45, 2.75) is 19.8 Å². The quantitative estimate of drug-likeness (QED) is 0.501. The van der Waals surface area contributed by atoms with Crippen molar-refractivity contribution in [1.82, 2.24) is 20.1 Å². The van der Waals surface area contributed by atoms with Crippen LogP contribution in [0.25, 0.3) is 27.5 Å². The Morgan fingerprint density at radius 2 is 1.96 bits per heavy atom. The van der Waals surface area contributed by atoms with E-state index in [1.165, 1.54) is 4.68 Å². The van der Waals surface area contributed by atoms with Gasteiger partial charge in [0.1, 0.15) is 0 Å². The van der Waals surface area contributed by atoms with Crippen molar-refractivity contribution in [1.29, 1.82) is 0 Å². The van der Waals surface area contributed by atoms with E-state index in [4.69, 9.17) is 11.6 Å².